The van der Waals surface area contributed by atoms with E-state index in [-0.39, 0.29) is 11.8 Å². The van der Waals surface area contributed by atoms with Gasteiger partial charge in [0.25, 0.3) is 0 Å². The minimum atomic E-state index is -3.21. The predicted octanol–water partition coefficient (Wildman–Crippen LogP) is 4.62. The van der Waals surface area contributed by atoms with Crippen LogP contribution in [0.1, 0.15) is 38.2 Å². The summed E-state index contributed by atoms with van der Waals surface area (Å²) in [7, 11) is -3.21. The van der Waals surface area contributed by atoms with Crippen LogP contribution in [0.3, 0.4) is 0 Å². The molecule has 0 aliphatic heterocycles. The SMILES string of the molecule is CCCS(=O)(=O)NC1CCCC=C1c1ccc(-c2ccccc2)cc1. The smallest absolute Gasteiger partial charge is 0.212 e. The molecule has 0 saturated carbocycles. The Balaban J connectivity index is 1.82. The highest BCUT2D eigenvalue weighted by molar-refractivity contribution is 7.89. The van der Waals surface area contributed by atoms with E-state index in [0.717, 1.165) is 30.4 Å². The van der Waals surface area contributed by atoms with Crippen LogP contribution in [0, 0.1) is 0 Å². The van der Waals surface area contributed by atoms with Gasteiger partial charge in [-0.3, -0.25) is 0 Å². The lowest BCUT2D eigenvalue weighted by Crippen LogP contribution is -2.38. The summed E-state index contributed by atoms with van der Waals surface area (Å²) in [5.41, 5.74) is 4.56. The molecule has 0 spiro atoms. The molecule has 1 unspecified atom stereocenters. The third-order valence-electron chi connectivity index (χ3n) is 4.56. The average Bonchev–Trinajstić information content (AvgIpc) is 2.63. The summed E-state index contributed by atoms with van der Waals surface area (Å²) in [5.74, 6) is 0.184. The van der Waals surface area contributed by atoms with E-state index >= 15 is 0 Å². The van der Waals surface area contributed by atoms with Gasteiger partial charge in [0, 0.05) is 6.04 Å². The predicted molar refractivity (Wildman–Crippen MR) is 105 cm³/mol. The third-order valence-corrected chi connectivity index (χ3v) is 6.15. The molecule has 4 heteroatoms. The van der Waals surface area contributed by atoms with Crippen molar-refractivity contribution in [2.75, 3.05) is 5.75 Å². The van der Waals surface area contributed by atoms with Crippen LogP contribution in [0.5, 0.6) is 0 Å². The van der Waals surface area contributed by atoms with Crippen LogP contribution in [0.15, 0.2) is 60.7 Å². The van der Waals surface area contributed by atoms with E-state index in [1.807, 2.05) is 25.1 Å². The first-order valence-corrected chi connectivity index (χ1v) is 10.6. The Morgan fingerprint density at radius 1 is 0.960 bits per heavy atom. The Hall–Kier alpha value is -1.91. The molecule has 0 bridgehead atoms. The zero-order valence-electron chi connectivity index (χ0n) is 14.6. The summed E-state index contributed by atoms with van der Waals surface area (Å²) in [4.78, 5) is 0. The molecule has 1 atom stereocenters. The third kappa shape index (κ3) is 4.59. The Morgan fingerprint density at radius 2 is 1.60 bits per heavy atom. The number of hydrogen-bond acceptors (Lipinski definition) is 2. The van der Waals surface area contributed by atoms with Crippen LogP contribution in [-0.4, -0.2) is 20.2 Å². The van der Waals surface area contributed by atoms with E-state index in [2.05, 4.69) is 47.2 Å². The monoisotopic (exact) mass is 355 g/mol. The molecular formula is C21H25NO2S. The minimum Gasteiger partial charge on any atom is -0.212 e. The van der Waals surface area contributed by atoms with Gasteiger partial charge >= 0.3 is 0 Å². The van der Waals surface area contributed by atoms with Gasteiger partial charge in [0.15, 0.2) is 0 Å². The van der Waals surface area contributed by atoms with Crippen molar-refractivity contribution < 1.29 is 8.42 Å². The van der Waals surface area contributed by atoms with Gasteiger partial charge in [-0.05, 0) is 47.9 Å². The minimum absolute atomic E-state index is 0.118. The number of sulfonamides is 1. The van der Waals surface area contributed by atoms with Crippen LogP contribution in [0.2, 0.25) is 0 Å². The van der Waals surface area contributed by atoms with Gasteiger partial charge in [0.2, 0.25) is 10.0 Å². The number of hydrogen-bond donors (Lipinski definition) is 1. The normalized spacial score (nSPS) is 18.0. The summed E-state index contributed by atoms with van der Waals surface area (Å²) in [6.45, 7) is 1.89. The highest BCUT2D eigenvalue weighted by atomic mass is 32.2. The second-order valence-electron chi connectivity index (χ2n) is 6.52. The molecule has 0 amide bonds. The number of rotatable bonds is 6. The molecule has 3 nitrogen and oxygen atoms in total. The Morgan fingerprint density at radius 3 is 2.28 bits per heavy atom. The van der Waals surface area contributed by atoms with Crippen molar-refractivity contribution in [3.63, 3.8) is 0 Å². The van der Waals surface area contributed by atoms with Gasteiger partial charge in [-0.2, -0.15) is 0 Å². The lowest BCUT2D eigenvalue weighted by molar-refractivity contribution is 0.553. The van der Waals surface area contributed by atoms with Gasteiger partial charge in [-0.15, -0.1) is 0 Å². The fraction of sp³-hybridized carbons (Fsp3) is 0.333. The maximum absolute atomic E-state index is 12.2. The van der Waals surface area contributed by atoms with Crippen molar-refractivity contribution in [2.24, 2.45) is 0 Å². The Labute approximate surface area is 150 Å². The first-order chi connectivity index (χ1) is 12.1. The summed E-state index contributed by atoms with van der Waals surface area (Å²) < 4.78 is 27.2. The van der Waals surface area contributed by atoms with Crippen molar-refractivity contribution >= 4 is 15.6 Å². The maximum atomic E-state index is 12.2. The van der Waals surface area contributed by atoms with Crippen molar-refractivity contribution in [1.82, 2.24) is 4.72 Å². The second kappa shape index (κ2) is 7.98. The van der Waals surface area contributed by atoms with Gasteiger partial charge in [-0.25, -0.2) is 13.1 Å². The summed E-state index contributed by atoms with van der Waals surface area (Å²) in [6.07, 6.45) is 5.69. The van der Waals surface area contributed by atoms with Crippen LogP contribution in [0.4, 0.5) is 0 Å². The van der Waals surface area contributed by atoms with Crippen LogP contribution < -0.4 is 4.72 Å². The van der Waals surface area contributed by atoms with Crippen molar-refractivity contribution in [2.45, 2.75) is 38.6 Å². The van der Waals surface area contributed by atoms with E-state index in [0.29, 0.717) is 6.42 Å². The summed E-state index contributed by atoms with van der Waals surface area (Å²) in [6, 6.07) is 18.6. The number of allylic oxidation sites excluding steroid dienone is 1. The van der Waals surface area contributed by atoms with E-state index < -0.39 is 10.0 Å². The van der Waals surface area contributed by atoms with E-state index in [1.165, 1.54) is 11.1 Å². The molecule has 1 aliphatic carbocycles. The van der Waals surface area contributed by atoms with Crippen LogP contribution >= 0.6 is 0 Å². The lowest BCUT2D eigenvalue weighted by Gasteiger charge is -2.25. The van der Waals surface area contributed by atoms with Crippen molar-refractivity contribution in [1.29, 1.82) is 0 Å². The van der Waals surface area contributed by atoms with Crippen molar-refractivity contribution in [3.05, 3.63) is 66.2 Å². The lowest BCUT2D eigenvalue weighted by atomic mass is 9.89. The highest BCUT2D eigenvalue weighted by Crippen LogP contribution is 2.29. The molecule has 1 aliphatic rings. The van der Waals surface area contributed by atoms with Crippen molar-refractivity contribution in [3.8, 4) is 11.1 Å². The molecular weight excluding hydrogens is 330 g/mol. The molecule has 2 aromatic carbocycles. The maximum Gasteiger partial charge on any atom is 0.212 e. The highest BCUT2D eigenvalue weighted by Gasteiger charge is 2.23. The topological polar surface area (TPSA) is 46.2 Å². The zero-order chi connectivity index (χ0) is 17.7. The molecule has 3 rings (SSSR count). The van der Waals surface area contributed by atoms with Gasteiger partial charge < -0.3 is 0 Å². The number of nitrogens with one attached hydrogen (secondary N) is 1. The first-order valence-electron chi connectivity index (χ1n) is 8.95. The second-order valence-corrected chi connectivity index (χ2v) is 8.40. The number of benzene rings is 2. The molecule has 0 aromatic heterocycles. The fourth-order valence-corrected chi connectivity index (χ4v) is 4.68. The van der Waals surface area contributed by atoms with Crippen LogP contribution in [0.25, 0.3) is 16.7 Å². The molecule has 132 valence electrons. The Kier molecular flexibility index (Phi) is 5.71. The largest absolute Gasteiger partial charge is 0.212 e. The molecule has 0 fully saturated rings. The fourth-order valence-electron chi connectivity index (χ4n) is 3.35. The van der Waals surface area contributed by atoms with Gasteiger partial charge in [-0.1, -0.05) is 67.6 Å². The molecule has 0 radical (unpaired) electrons. The molecule has 2 aromatic rings. The van der Waals surface area contributed by atoms with Gasteiger partial charge in [0.05, 0.1) is 5.75 Å². The average molecular weight is 356 g/mol. The quantitative estimate of drug-likeness (QED) is 0.822. The van der Waals surface area contributed by atoms with E-state index in [1.54, 1.807) is 0 Å². The Bertz CT molecular complexity index is 824. The standard InChI is InChI=1S/C21H25NO2S/c1-2-16-25(23,24)22-21-11-7-6-10-20(21)19-14-12-18(13-15-19)17-8-4-3-5-9-17/h3-5,8-10,12-15,21-22H,2,6-7,11,16H2,1H3. The van der Waals surface area contributed by atoms with Crippen LogP contribution in [-0.2, 0) is 10.0 Å². The van der Waals surface area contributed by atoms with E-state index in [9.17, 15) is 8.42 Å². The summed E-state index contributed by atoms with van der Waals surface area (Å²) >= 11 is 0. The first kappa shape index (κ1) is 17.9. The summed E-state index contributed by atoms with van der Waals surface area (Å²) in [5, 5.41) is 0. The molecule has 25 heavy (non-hydrogen) atoms. The van der Waals surface area contributed by atoms with Gasteiger partial charge in [0.1, 0.15) is 0 Å². The zero-order valence-corrected chi connectivity index (χ0v) is 15.4. The molecule has 0 saturated heterocycles. The molecule has 1 N–H and O–H groups in total. The van der Waals surface area contributed by atoms with E-state index in [4.69, 9.17) is 0 Å². The molecule has 0 heterocycles.